The van der Waals surface area contributed by atoms with E-state index in [0.717, 1.165) is 113 Å². The van der Waals surface area contributed by atoms with Gasteiger partial charge in [-0.15, -0.1) is 0 Å². The van der Waals surface area contributed by atoms with Gasteiger partial charge in [0.05, 0.1) is 23.9 Å². The SMILES string of the molecule is CC1c2cc3c4c(C[n+]5ccccc5)c2OCOc2c1cc1c(c2C[n+]2ccccc2)OCOc2c(cc5c(c2C[n+]2ccccc2)OCOc2c(cc(c(c2C[n+]2ccccc2)OCO4)C3C)C5C)C1C.O=C([O-])C(=O)[O-].O=C([O-])C(=O)[O-]. The van der Waals surface area contributed by atoms with E-state index in [1.165, 1.54) is 0 Å². The molecule has 0 fully saturated rings. The van der Waals surface area contributed by atoms with Crippen LogP contribution in [0, 0.1) is 0 Å². The van der Waals surface area contributed by atoms with Crippen LogP contribution in [0.2, 0.25) is 0 Å². The van der Waals surface area contributed by atoms with Crippen molar-refractivity contribution in [1.82, 2.24) is 0 Å². The highest BCUT2D eigenvalue weighted by Gasteiger charge is 2.41. The molecule has 0 saturated heterocycles. The molecule has 0 atom stereocenters. The summed E-state index contributed by atoms with van der Waals surface area (Å²) >= 11 is 0. The Balaban J connectivity index is 0.000000558. The third kappa shape index (κ3) is 10.9. The molecule has 8 heterocycles. The second kappa shape index (κ2) is 23.7. The Morgan fingerprint density at radius 2 is 0.464 bits per heavy atom. The van der Waals surface area contributed by atoms with Crippen molar-refractivity contribution in [2.24, 2.45) is 0 Å². The minimum absolute atomic E-state index is 0.0375. The van der Waals surface area contributed by atoms with E-state index in [1.807, 2.05) is 72.8 Å². The summed E-state index contributed by atoms with van der Waals surface area (Å²) in [7, 11) is 0. The smallest absolute Gasteiger partial charge is 0.230 e. The summed E-state index contributed by atoms with van der Waals surface area (Å²) in [6.07, 6.45) is 16.6. The van der Waals surface area contributed by atoms with Crippen molar-refractivity contribution in [3.05, 3.63) is 213 Å². The van der Waals surface area contributed by atoms with Gasteiger partial charge in [0.25, 0.3) is 0 Å². The van der Waals surface area contributed by atoms with Crippen LogP contribution in [0.1, 0.15) is 118 Å². The lowest BCUT2D eigenvalue weighted by atomic mass is 9.78. The molecule has 8 aromatic rings. The Bertz CT molecular complexity index is 3230. The van der Waals surface area contributed by atoms with Crippen LogP contribution in [0.3, 0.4) is 0 Å². The third-order valence-electron chi connectivity index (χ3n) is 15.7. The predicted octanol–water partition coefficient (Wildman–Crippen LogP) is 1.84. The molecular weight excluding hydrogens is 1080 g/mol. The molecule has 0 saturated carbocycles. The molecule has 0 unspecified atom stereocenters. The zero-order valence-corrected chi connectivity index (χ0v) is 46.1. The van der Waals surface area contributed by atoms with Crippen molar-refractivity contribution in [1.29, 1.82) is 0 Å². The van der Waals surface area contributed by atoms with E-state index < -0.39 is 23.9 Å². The van der Waals surface area contributed by atoms with Gasteiger partial charge in [0.15, 0.2) is 75.8 Å². The van der Waals surface area contributed by atoms with Gasteiger partial charge in [0.1, 0.15) is 68.2 Å². The topological polar surface area (TPSA) is 250 Å². The molecule has 0 spiro atoms. The lowest BCUT2D eigenvalue weighted by Gasteiger charge is -2.35. The van der Waals surface area contributed by atoms with E-state index in [1.54, 1.807) is 0 Å². The number of pyridine rings is 4. The summed E-state index contributed by atoms with van der Waals surface area (Å²) in [6.45, 7) is 10.9. The van der Waals surface area contributed by atoms with E-state index in [2.05, 4.69) is 120 Å². The van der Waals surface area contributed by atoms with Crippen molar-refractivity contribution in [2.45, 2.75) is 77.5 Å². The molecule has 0 radical (unpaired) electrons. The maximum atomic E-state index is 8.93. The number of carboxylic acid groups (broad SMARTS) is 4. The standard InChI is InChI=1S/C60H56N4O8.2C2H2O4/c1-37-41-25-43-38(2)45-27-47-40(4)48-28-46-39(3)44-26-42(37)54-50(30-62-19-11-6-12-20-62)56(44)68-35-70-58(46)52(32-64-23-15-8-16-24-64)60(48)72-36-71-59(47)51(31-63-21-13-7-14-22-63)57(45)69-34-67-55(43)49(53(41)65-33-66-54)29-61-17-9-5-10-18-61;2*3-1(4)2(5)6/h5-28,37-40H,29-36H2,1-4H3;2*(H,3,4)(H,5,6)/q+4;;/p-4. The number of hydrogen-bond donors (Lipinski definition) is 0. The molecule has 0 amide bonds. The van der Waals surface area contributed by atoms with Crippen molar-refractivity contribution in [2.75, 3.05) is 27.2 Å². The summed E-state index contributed by atoms with van der Waals surface area (Å²) in [6, 6.07) is 33.8. The number of aliphatic carboxylic acids is 4. The average molecular weight is 1140 g/mol. The highest BCUT2D eigenvalue weighted by atomic mass is 16.7. The van der Waals surface area contributed by atoms with E-state index in [-0.39, 0.29) is 50.8 Å². The molecule has 20 nitrogen and oxygen atoms in total. The molecule has 5 aliphatic rings. The van der Waals surface area contributed by atoms with Gasteiger partial charge >= 0.3 is 0 Å². The second-order valence-electron chi connectivity index (χ2n) is 20.6. The van der Waals surface area contributed by atoms with Crippen LogP contribution in [0.5, 0.6) is 46.0 Å². The second-order valence-corrected chi connectivity index (χ2v) is 20.6. The van der Waals surface area contributed by atoms with Gasteiger partial charge in [-0.25, -0.2) is 18.3 Å². The zero-order valence-electron chi connectivity index (χ0n) is 46.1. The zero-order chi connectivity index (χ0) is 58.8. The molecule has 84 heavy (non-hydrogen) atoms. The van der Waals surface area contributed by atoms with Gasteiger partial charge in [-0.3, -0.25) is 0 Å². The van der Waals surface area contributed by atoms with Crippen molar-refractivity contribution >= 4 is 23.9 Å². The minimum Gasteiger partial charge on any atom is -0.543 e. The fourth-order valence-electron chi connectivity index (χ4n) is 11.7. The van der Waals surface area contributed by atoms with Gasteiger partial charge in [-0.1, -0.05) is 52.0 Å². The number of nitrogens with zero attached hydrogens (tertiary/aromatic N) is 4. The van der Waals surface area contributed by atoms with Gasteiger partial charge in [0.2, 0.25) is 27.2 Å². The summed E-state index contributed by atoms with van der Waals surface area (Å²) in [5.74, 6) is -3.64. The van der Waals surface area contributed by atoms with Crippen LogP contribution < -0.4 is 76.6 Å². The first-order chi connectivity index (χ1) is 40.7. The van der Waals surface area contributed by atoms with E-state index in [9.17, 15) is 0 Å². The summed E-state index contributed by atoms with van der Waals surface area (Å²) < 4.78 is 64.2. The largest absolute Gasteiger partial charge is 0.543 e. The maximum absolute atomic E-state index is 8.93. The third-order valence-corrected chi connectivity index (χ3v) is 15.7. The number of carbonyl (C=O) groups is 4. The lowest BCUT2D eigenvalue weighted by molar-refractivity contribution is -0.688. The van der Waals surface area contributed by atoms with E-state index >= 15 is 0 Å². The number of hydrogen-bond acceptors (Lipinski definition) is 16. The fourth-order valence-corrected chi connectivity index (χ4v) is 11.7. The number of aromatic nitrogens is 4. The quantitative estimate of drug-likeness (QED) is 0.156. The summed E-state index contributed by atoms with van der Waals surface area (Å²) in [4.78, 5) is 35.7. The molecule has 8 bridgehead atoms. The van der Waals surface area contributed by atoms with Crippen LogP contribution in [-0.4, -0.2) is 51.0 Å². The first kappa shape index (κ1) is 55.7. The molecule has 1 aliphatic carbocycles. The number of benzene rings is 4. The molecule has 4 aliphatic heterocycles. The molecular formula is C64H56N4O16. The molecule has 4 aromatic carbocycles. The van der Waals surface area contributed by atoms with Crippen LogP contribution in [0.25, 0.3) is 0 Å². The van der Waals surface area contributed by atoms with Crippen LogP contribution >= 0.6 is 0 Å². The van der Waals surface area contributed by atoms with Gasteiger partial charge in [-0.05, 0) is 24.3 Å². The minimum atomic E-state index is -2.19. The molecule has 4 aromatic heterocycles. The first-order valence-electron chi connectivity index (χ1n) is 27.1. The van der Waals surface area contributed by atoms with Gasteiger partial charge < -0.3 is 77.5 Å². The Hall–Kier alpha value is -10.2. The average Bonchev–Trinajstić information content (AvgIpc) is 0.944. The highest BCUT2D eigenvalue weighted by Crippen LogP contribution is 2.56. The molecule has 13 rings (SSSR count). The fraction of sp³-hybridized carbons (Fsp3) is 0.250. The normalized spacial score (nSPS) is 17.0. The van der Waals surface area contributed by atoms with E-state index in [0.29, 0.717) is 26.2 Å². The summed E-state index contributed by atoms with van der Waals surface area (Å²) in [5.41, 5.74) is 12.1. The lowest BCUT2D eigenvalue weighted by Crippen LogP contribution is -2.42. The van der Waals surface area contributed by atoms with E-state index in [4.69, 9.17) is 77.5 Å². The van der Waals surface area contributed by atoms with Crippen molar-refractivity contribution in [3.63, 3.8) is 0 Å². The Kier molecular flexibility index (Phi) is 15.7. The Morgan fingerprint density at radius 3 is 0.607 bits per heavy atom. The first-order valence-corrected chi connectivity index (χ1v) is 27.1. The van der Waals surface area contributed by atoms with Gasteiger partial charge in [0, 0.05) is 117 Å². The number of ether oxygens (including phenoxy) is 8. The maximum Gasteiger partial charge on any atom is 0.230 e. The summed E-state index contributed by atoms with van der Waals surface area (Å²) in [5, 5.41) is 35.7. The van der Waals surface area contributed by atoms with Crippen LogP contribution in [0.15, 0.2) is 147 Å². The number of rotatable bonds is 8. The van der Waals surface area contributed by atoms with Crippen molar-refractivity contribution < 1.29 is 95.8 Å². The molecule has 20 heteroatoms. The van der Waals surface area contributed by atoms with Gasteiger partial charge in [-0.2, -0.15) is 0 Å². The monoisotopic (exact) mass is 1140 g/mol. The molecule has 0 N–H and O–H groups in total. The predicted molar refractivity (Wildman–Crippen MR) is 283 cm³/mol. The van der Waals surface area contributed by atoms with Crippen LogP contribution in [-0.2, 0) is 45.4 Å². The molecule has 428 valence electrons. The number of carboxylic acids is 4. The Labute approximate surface area is 482 Å². The van der Waals surface area contributed by atoms with Crippen LogP contribution in [0.4, 0.5) is 0 Å². The highest BCUT2D eigenvalue weighted by molar-refractivity contribution is 6.25. The van der Waals surface area contributed by atoms with Crippen molar-refractivity contribution in [3.8, 4) is 46.0 Å². The Morgan fingerprint density at radius 1 is 0.310 bits per heavy atom. The number of carbonyl (C=O) groups excluding carboxylic acids is 4.